The molecule has 0 atom stereocenters. The van der Waals surface area contributed by atoms with Crippen molar-refractivity contribution in [2.45, 2.75) is 25.2 Å². The van der Waals surface area contributed by atoms with Crippen LogP contribution in [0, 0.1) is 19.7 Å². The number of hydrogen-bond acceptors (Lipinski definition) is 4. The van der Waals surface area contributed by atoms with Crippen molar-refractivity contribution in [2.75, 3.05) is 26.4 Å². The van der Waals surface area contributed by atoms with Gasteiger partial charge >= 0.3 is 0 Å². The van der Waals surface area contributed by atoms with Gasteiger partial charge < -0.3 is 10.6 Å². The zero-order valence-electron chi connectivity index (χ0n) is 12.5. The van der Waals surface area contributed by atoms with Gasteiger partial charge in [0, 0.05) is 27.1 Å². The third-order valence-corrected chi connectivity index (χ3v) is 4.85. The summed E-state index contributed by atoms with van der Waals surface area (Å²) < 4.78 is 40.4. The van der Waals surface area contributed by atoms with Crippen molar-refractivity contribution >= 4 is 21.6 Å². The number of amides is 1. The number of carbonyl (C=O) groups is 1. The Bertz CT molecular complexity index is 657. The highest BCUT2D eigenvalue weighted by Crippen LogP contribution is 2.27. The summed E-state index contributed by atoms with van der Waals surface area (Å²) in [5, 5.41) is 0. The first kappa shape index (κ1) is 17.4. The number of nitrogens with one attached hydrogen (secondary N) is 1. The molecule has 0 radical (unpaired) electrons. The zero-order chi connectivity index (χ0) is 16.4. The predicted molar refractivity (Wildman–Crippen MR) is 78.8 cm³/mol. The number of benzene rings is 1. The lowest BCUT2D eigenvalue weighted by Crippen LogP contribution is -2.31. The van der Waals surface area contributed by atoms with E-state index in [4.69, 9.17) is 5.73 Å². The number of hydrogen-bond donors (Lipinski definition) is 2. The number of carbonyl (C=O) groups excluding carboxylic acids is 1. The summed E-state index contributed by atoms with van der Waals surface area (Å²) in [4.78, 5) is 12.8. The van der Waals surface area contributed by atoms with Crippen molar-refractivity contribution in [3.63, 3.8) is 0 Å². The van der Waals surface area contributed by atoms with Crippen LogP contribution in [0.25, 0.3) is 0 Å². The molecule has 118 valence electrons. The van der Waals surface area contributed by atoms with Crippen molar-refractivity contribution in [1.29, 1.82) is 0 Å². The molecular weight excluding hydrogens is 297 g/mol. The van der Waals surface area contributed by atoms with E-state index >= 15 is 0 Å². The molecule has 0 aliphatic heterocycles. The van der Waals surface area contributed by atoms with Crippen LogP contribution in [0.1, 0.15) is 17.5 Å². The Morgan fingerprint density at radius 2 is 1.95 bits per heavy atom. The van der Waals surface area contributed by atoms with Crippen LogP contribution in [-0.4, -0.2) is 39.9 Å². The summed E-state index contributed by atoms with van der Waals surface area (Å²) in [6.45, 7) is 2.91. The molecule has 0 heterocycles. The molecule has 1 rings (SSSR count). The van der Waals surface area contributed by atoms with E-state index in [0.29, 0.717) is 0 Å². The first-order valence-electron chi connectivity index (χ1n) is 6.33. The Morgan fingerprint density at radius 3 is 2.48 bits per heavy atom. The fraction of sp³-hybridized carbons (Fsp3) is 0.462. The maximum atomic E-state index is 13.5. The highest BCUT2D eigenvalue weighted by molar-refractivity contribution is 7.89. The van der Waals surface area contributed by atoms with Crippen LogP contribution in [0.4, 0.5) is 10.1 Å². The molecule has 1 aromatic rings. The van der Waals surface area contributed by atoms with Crippen LogP contribution < -0.4 is 10.5 Å². The summed E-state index contributed by atoms with van der Waals surface area (Å²) in [5.41, 5.74) is 5.78. The lowest BCUT2D eigenvalue weighted by molar-refractivity contribution is -0.128. The lowest BCUT2D eigenvalue weighted by atomic mass is 10.1. The van der Waals surface area contributed by atoms with Gasteiger partial charge in [-0.1, -0.05) is 0 Å². The molecule has 0 saturated heterocycles. The van der Waals surface area contributed by atoms with Crippen molar-refractivity contribution in [1.82, 2.24) is 9.62 Å². The summed E-state index contributed by atoms with van der Waals surface area (Å²) in [6.07, 6.45) is 0.0427. The monoisotopic (exact) mass is 317 g/mol. The quantitative estimate of drug-likeness (QED) is 0.785. The average Bonchev–Trinajstić information content (AvgIpc) is 2.35. The second-order valence-corrected chi connectivity index (χ2v) is 6.68. The van der Waals surface area contributed by atoms with Gasteiger partial charge in [0.05, 0.1) is 10.6 Å². The minimum absolute atomic E-state index is 0.0322. The van der Waals surface area contributed by atoms with E-state index < -0.39 is 15.8 Å². The van der Waals surface area contributed by atoms with Gasteiger partial charge in [-0.3, -0.25) is 4.79 Å². The molecule has 6 nitrogen and oxygen atoms in total. The Kier molecular flexibility index (Phi) is 5.30. The normalized spacial score (nSPS) is 11.5. The second kappa shape index (κ2) is 6.40. The number of nitrogens with two attached hydrogens (primary N) is 1. The molecule has 1 amide bonds. The number of aryl methyl sites for hydroxylation is 1. The minimum Gasteiger partial charge on any atom is -0.396 e. The lowest BCUT2D eigenvalue weighted by Gasteiger charge is -2.15. The zero-order valence-corrected chi connectivity index (χ0v) is 13.3. The van der Waals surface area contributed by atoms with Crippen LogP contribution in [0.3, 0.4) is 0 Å². The molecule has 0 aromatic heterocycles. The molecule has 0 fully saturated rings. The minimum atomic E-state index is -3.85. The van der Waals surface area contributed by atoms with E-state index in [2.05, 4.69) is 4.72 Å². The van der Waals surface area contributed by atoms with E-state index in [0.717, 1.165) is 6.07 Å². The molecule has 0 aliphatic carbocycles. The van der Waals surface area contributed by atoms with Gasteiger partial charge in [0.15, 0.2) is 0 Å². The largest absolute Gasteiger partial charge is 0.396 e. The summed E-state index contributed by atoms with van der Waals surface area (Å²) in [6, 6.07) is 1.09. The summed E-state index contributed by atoms with van der Waals surface area (Å²) in [5.74, 6) is -0.837. The molecule has 21 heavy (non-hydrogen) atoms. The van der Waals surface area contributed by atoms with Gasteiger partial charge in [0.25, 0.3) is 0 Å². The van der Waals surface area contributed by atoms with Crippen molar-refractivity contribution in [3.8, 4) is 0 Å². The third-order valence-electron chi connectivity index (χ3n) is 3.10. The van der Waals surface area contributed by atoms with Crippen LogP contribution >= 0.6 is 0 Å². The maximum Gasteiger partial charge on any atom is 0.241 e. The Balaban J connectivity index is 3.00. The number of nitrogens with zero attached hydrogens (tertiary/aromatic N) is 1. The Hall–Kier alpha value is -1.67. The van der Waals surface area contributed by atoms with Gasteiger partial charge in [0.2, 0.25) is 15.9 Å². The predicted octanol–water partition coefficient (Wildman–Crippen LogP) is 0.781. The van der Waals surface area contributed by atoms with E-state index in [1.54, 1.807) is 14.1 Å². The molecule has 3 N–H and O–H groups in total. The number of halogens is 1. The van der Waals surface area contributed by atoms with E-state index in [1.807, 2.05) is 0 Å². The molecule has 8 heteroatoms. The highest BCUT2D eigenvalue weighted by atomic mass is 32.2. The topological polar surface area (TPSA) is 92.5 Å². The Morgan fingerprint density at radius 1 is 1.38 bits per heavy atom. The molecule has 0 spiro atoms. The summed E-state index contributed by atoms with van der Waals surface area (Å²) >= 11 is 0. The number of rotatable bonds is 5. The number of nitrogen functional groups attached to an aromatic ring is 1. The standard InChI is InChI=1S/C13H20FN3O3S/c1-8-7-10(14)12(15)9(2)13(8)21(19,20)16-6-5-11(18)17(3)4/h7,16H,5-6,15H2,1-4H3. The van der Waals surface area contributed by atoms with E-state index in [1.165, 1.54) is 18.7 Å². The van der Waals surface area contributed by atoms with Crippen LogP contribution in [0.2, 0.25) is 0 Å². The smallest absolute Gasteiger partial charge is 0.241 e. The van der Waals surface area contributed by atoms with E-state index in [-0.39, 0.29) is 40.6 Å². The first-order chi connectivity index (χ1) is 9.58. The molecule has 0 unspecified atom stereocenters. The molecule has 0 saturated carbocycles. The molecule has 1 aromatic carbocycles. The van der Waals surface area contributed by atoms with Crippen molar-refractivity contribution in [3.05, 3.63) is 23.0 Å². The number of anilines is 1. The van der Waals surface area contributed by atoms with Gasteiger partial charge in [-0.2, -0.15) is 0 Å². The molecule has 0 bridgehead atoms. The van der Waals surface area contributed by atoms with Crippen LogP contribution in [0.15, 0.2) is 11.0 Å². The molecule has 0 aliphatic rings. The van der Waals surface area contributed by atoms with Crippen molar-refractivity contribution < 1.29 is 17.6 Å². The van der Waals surface area contributed by atoms with Gasteiger partial charge in [-0.25, -0.2) is 17.5 Å². The van der Waals surface area contributed by atoms with E-state index in [9.17, 15) is 17.6 Å². The fourth-order valence-electron chi connectivity index (χ4n) is 1.93. The van der Waals surface area contributed by atoms with Crippen LogP contribution in [0.5, 0.6) is 0 Å². The first-order valence-corrected chi connectivity index (χ1v) is 7.81. The highest BCUT2D eigenvalue weighted by Gasteiger charge is 2.22. The fourth-order valence-corrected chi connectivity index (χ4v) is 3.44. The third kappa shape index (κ3) is 3.92. The van der Waals surface area contributed by atoms with Gasteiger partial charge in [0.1, 0.15) is 5.82 Å². The molecular formula is C13H20FN3O3S. The summed E-state index contributed by atoms with van der Waals surface area (Å²) in [7, 11) is -0.671. The second-order valence-electron chi connectivity index (χ2n) is 4.98. The maximum absolute atomic E-state index is 13.5. The van der Waals surface area contributed by atoms with Crippen molar-refractivity contribution in [2.24, 2.45) is 0 Å². The van der Waals surface area contributed by atoms with Gasteiger partial charge in [-0.15, -0.1) is 0 Å². The Labute approximate surface area is 124 Å². The van der Waals surface area contributed by atoms with Crippen LogP contribution in [-0.2, 0) is 14.8 Å². The SMILES string of the molecule is Cc1cc(F)c(N)c(C)c1S(=O)(=O)NCCC(=O)N(C)C. The van der Waals surface area contributed by atoms with Gasteiger partial charge in [-0.05, 0) is 31.0 Å². The average molecular weight is 317 g/mol. The number of sulfonamides is 1.